The van der Waals surface area contributed by atoms with Crippen LogP contribution in [-0.4, -0.2) is 32.1 Å². The third-order valence-electron chi connectivity index (χ3n) is 3.49. The molecule has 0 aliphatic rings. The number of hydrogen-bond acceptors (Lipinski definition) is 5. The van der Waals surface area contributed by atoms with E-state index in [1.54, 1.807) is 27.0 Å². The second-order valence-electron chi connectivity index (χ2n) is 5.35. The summed E-state index contributed by atoms with van der Waals surface area (Å²) in [5.41, 5.74) is 1.43. The summed E-state index contributed by atoms with van der Waals surface area (Å²) in [7, 11) is 1.61. The minimum absolute atomic E-state index is 0.314. The molecule has 2 aromatic rings. The lowest BCUT2D eigenvalue weighted by Gasteiger charge is -2.07. The standard InChI is InChI=1S/C18H21NO5/c1-12-10-16(13(2)24-12)18(21)23-11-17(20)19-9-8-14-4-6-15(22-3)7-5-14/h4-7,10H,8-9,11H2,1-3H3,(H,19,20). The number of methoxy groups -OCH3 is 1. The lowest BCUT2D eigenvalue weighted by molar-refractivity contribution is -0.124. The summed E-state index contributed by atoms with van der Waals surface area (Å²) in [5.74, 6) is 1.00. The zero-order valence-corrected chi connectivity index (χ0v) is 14.0. The minimum atomic E-state index is -0.561. The van der Waals surface area contributed by atoms with Crippen LogP contribution in [0.4, 0.5) is 0 Å². The van der Waals surface area contributed by atoms with Crippen molar-refractivity contribution in [1.82, 2.24) is 5.32 Å². The third-order valence-corrected chi connectivity index (χ3v) is 3.49. The first-order valence-electron chi connectivity index (χ1n) is 7.63. The van der Waals surface area contributed by atoms with Crippen LogP contribution in [0.3, 0.4) is 0 Å². The first kappa shape index (κ1) is 17.6. The van der Waals surface area contributed by atoms with Gasteiger partial charge in [0.1, 0.15) is 22.8 Å². The maximum absolute atomic E-state index is 11.9. The van der Waals surface area contributed by atoms with Crippen molar-refractivity contribution in [2.75, 3.05) is 20.3 Å². The van der Waals surface area contributed by atoms with Crippen LogP contribution in [-0.2, 0) is 16.0 Å². The fourth-order valence-electron chi connectivity index (χ4n) is 2.23. The lowest BCUT2D eigenvalue weighted by Crippen LogP contribution is -2.30. The number of amides is 1. The van der Waals surface area contributed by atoms with Gasteiger partial charge in [-0.1, -0.05) is 12.1 Å². The summed E-state index contributed by atoms with van der Waals surface area (Å²) in [6, 6.07) is 9.21. The molecule has 1 amide bonds. The van der Waals surface area contributed by atoms with Gasteiger partial charge in [0.05, 0.1) is 7.11 Å². The Morgan fingerprint density at radius 3 is 2.46 bits per heavy atom. The number of benzene rings is 1. The number of aryl methyl sites for hydroxylation is 2. The maximum Gasteiger partial charge on any atom is 0.342 e. The number of carbonyl (C=O) groups excluding carboxylic acids is 2. The molecule has 0 aliphatic carbocycles. The topological polar surface area (TPSA) is 77.8 Å². The molecule has 24 heavy (non-hydrogen) atoms. The van der Waals surface area contributed by atoms with Crippen molar-refractivity contribution in [3.8, 4) is 5.75 Å². The highest BCUT2D eigenvalue weighted by atomic mass is 16.5. The molecule has 1 heterocycles. The van der Waals surface area contributed by atoms with Crippen LogP contribution in [0.5, 0.6) is 5.75 Å². The van der Waals surface area contributed by atoms with Gasteiger partial charge in [0.15, 0.2) is 6.61 Å². The van der Waals surface area contributed by atoms with Gasteiger partial charge in [-0.15, -0.1) is 0 Å². The lowest BCUT2D eigenvalue weighted by atomic mass is 10.1. The van der Waals surface area contributed by atoms with E-state index in [4.69, 9.17) is 13.9 Å². The molecule has 0 bridgehead atoms. The quantitative estimate of drug-likeness (QED) is 0.788. The Labute approximate surface area is 140 Å². The van der Waals surface area contributed by atoms with Crippen LogP contribution in [0.2, 0.25) is 0 Å². The zero-order chi connectivity index (χ0) is 17.5. The van der Waals surface area contributed by atoms with Crippen molar-refractivity contribution < 1.29 is 23.5 Å². The highest BCUT2D eigenvalue weighted by molar-refractivity contribution is 5.92. The number of esters is 1. The molecular weight excluding hydrogens is 310 g/mol. The van der Waals surface area contributed by atoms with E-state index in [1.165, 1.54) is 0 Å². The monoisotopic (exact) mass is 331 g/mol. The second-order valence-corrected chi connectivity index (χ2v) is 5.35. The van der Waals surface area contributed by atoms with Crippen LogP contribution >= 0.6 is 0 Å². The van der Waals surface area contributed by atoms with E-state index < -0.39 is 5.97 Å². The van der Waals surface area contributed by atoms with Gasteiger partial charge in [-0.05, 0) is 44.0 Å². The summed E-state index contributed by atoms with van der Waals surface area (Å²) < 4.78 is 15.3. The van der Waals surface area contributed by atoms with Crippen LogP contribution < -0.4 is 10.1 Å². The first-order valence-corrected chi connectivity index (χ1v) is 7.63. The van der Waals surface area contributed by atoms with Crippen molar-refractivity contribution in [2.45, 2.75) is 20.3 Å². The molecule has 1 aromatic carbocycles. The van der Waals surface area contributed by atoms with Crippen LogP contribution in [0, 0.1) is 13.8 Å². The summed E-state index contributed by atoms with van der Waals surface area (Å²) in [6.07, 6.45) is 0.684. The van der Waals surface area contributed by atoms with E-state index in [2.05, 4.69) is 5.32 Å². The Hall–Kier alpha value is -2.76. The van der Waals surface area contributed by atoms with Crippen LogP contribution in [0.25, 0.3) is 0 Å². The fourth-order valence-corrected chi connectivity index (χ4v) is 2.23. The number of furan rings is 1. The summed E-state index contributed by atoms with van der Waals surface area (Å²) in [5, 5.41) is 2.72. The second kappa shape index (κ2) is 8.19. The SMILES string of the molecule is COc1ccc(CCNC(=O)COC(=O)c2cc(C)oc2C)cc1. The molecule has 128 valence electrons. The molecule has 0 spiro atoms. The molecule has 2 rings (SSSR count). The maximum atomic E-state index is 11.9. The van der Waals surface area contributed by atoms with E-state index in [0.717, 1.165) is 11.3 Å². The third kappa shape index (κ3) is 4.87. The Kier molecular flexibility index (Phi) is 6.01. The van der Waals surface area contributed by atoms with Crippen LogP contribution in [0.15, 0.2) is 34.7 Å². The molecule has 0 saturated carbocycles. The van der Waals surface area contributed by atoms with E-state index in [-0.39, 0.29) is 12.5 Å². The first-order chi connectivity index (χ1) is 11.5. The molecule has 6 heteroatoms. The molecule has 0 aliphatic heterocycles. The van der Waals surface area contributed by atoms with Gasteiger partial charge >= 0.3 is 5.97 Å². The summed E-state index contributed by atoms with van der Waals surface area (Å²) in [6.45, 7) is 3.58. The molecule has 1 N–H and O–H groups in total. The highest BCUT2D eigenvalue weighted by Gasteiger charge is 2.16. The molecule has 0 atom stereocenters. The number of ether oxygens (including phenoxy) is 2. The average molecular weight is 331 g/mol. The Morgan fingerprint density at radius 1 is 1.17 bits per heavy atom. The van der Waals surface area contributed by atoms with Crippen molar-refractivity contribution in [1.29, 1.82) is 0 Å². The fraction of sp³-hybridized carbons (Fsp3) is 0.333. The van der Waals surface area contributed by atoms with Gasteiger partial charge in [0, 0.05) is 6.54 Å². The minimum Gasteiger partial charge on any atom is -0.497 e. The predicted octanol–water partition coefficient (Wildman–Crippen LogP) is 2.42. The van der Waals surface area contributed by atoms with E-state index >= 15 is 0 Å². The number of rotatable bonds is 7. The number of carbonyl (C=O) groups is 2. The average Bonchev–Trinajstić information content (AvgIpc) is 2.92. The molecule has 1 aromatic heterocycles. The van der Waals surface area contributed by atoms with Crippen molar-refractivity contribution in [2.24, 2.45) is 0 Å². The van der Waals surface area contributed by atoms with Crippen molar-refractivity contribution in [3.63, 3.8) is 0 Å². The van der Waals surface area contributed by atoms with Gasteiger partial charge in [-0.25, -0.2) is 4.79 Å². The van der Waals surface area contributed by atoms with E-state index in [1.807, 2.05) is 24.3 Å². The van der Waals surface area contributed by atoms with Gasteiger partial charge in [-0.3, -0.25) is 4.79 Å². The highest BCUT2D eigenvalue weighted by Crippen LogP contribution is 2.14. The Balaban J connectivity index is 1.71. The normalized spacial score (nSPS) is 10.3. The van der Waals surface area contributed by atoms with E-state index in [0.29, 0.717) is 30.0 Å². The Bertz CT molecular complexity index is 703. The molecule has 0 unspecified atom stereocenters. The summed E-state index contributed by atoms with van der Waals surface area (Å²) >= 11 is 0. The smallest absolute Gasteiger partial charge is 0.342 e. The molecule has 0 radical (unpaired) electrons. The van der Waals surface area contributed by atoms with E-state index in [9.17, 15) is 9.59 Å². The number of hydrogen-bond donors (Lipinski definition) is 1. The molecule has 0 saturated heterocycles. The molecular formula is C18H21NO5. The largest absolute Gasteiger partial charge is 0.497 e. The van der Waals surface area contributed by atoms with Crippen molar-refractivity contribution in [3.05, 3.63) is 53.0 Å². The van der Waals surface area contributed by atoms with Gasteiger partial charge in [-0.2, -0.15) is 0 Å². The predicted molar refractivity (Wildman–Crippen MR) is 88.2 cm³/mol. The Morgan fingerprint density at radius 2 is 1.88 bits per heavy atom. The van der Waals surface area contributed by atoms with Gasteiger partial charge in [0.25, 0.3) is 5.91 Å². The molecule has 0 fully saturated rings. The molecule has 6 nitrogen and oxygen atoms in total. The zero-order valence-electron chi connectivity index (χ0n) is 14.0. The van der Waals surface area contributed by atoms with Gasteiger partial charge < -0.3 is 19.2 Å². The van der Waals surface area contributed by atoms with Crippen molar-refractivity contribution >= 4 is 11.9 Å². The van der Waals surface area contributed by atoms with Gasteiger partial charge in [0.2, 0.25) is 0 Å². The summed E-state index contributed by atoms with van der Waals surface area (Å²) in [4.78, 5) is 23.6. The van der Waals surface area contributed by atoms with Crippen LogP contribution in [0.1, 0.15) is 27.4 Å². The number of nitrogens with one attached hydrogen (secondary N) is 1.